The van der Waals surface area contributed by atoms with Gasteiger partial charge in [0.05, 0.1) is 0 Å². The average molecular weight is 216 g/mol. The van der Waals surface area contributed by atoms with Crippen molar-refractivity contribution in [3.8, 4) is 0 Å². The normalized spacial score (nSPS) is 13.7. The van der Waals surface area contributed by atoms with E-state index in [9.17, 15) is 4.79 Å². The van der Waals surface area contributed by atoms with Crippen molar-refractivity contribution in [2.24, 2.45) is 11.1 Å². The van der Waals surface area contributed by atoms with E-state index in [0.29, 0.717) is 13.1 Å². The number of rotatable bonds is 7. The summed E-state index contributed by atoms with van der Waals surface area (Å²) in [5.41, 5.74) is 5.55. The van der Waals surface area contributed by atoms with Gasteiger partial charge in [-0.2, -0.15) is 0 Å². The van der Waals surface area contributed by atoms with Crippen molar-refractivity contribution < 1.29 is 9.53 Å². The summed E-state index contributed by atoms with van der Waals surface area (Å²) in [6.07, 6.45) is 1.63. The van der Waals surface area contributed by atoms with Gasteiger partial charge in [-0.1, -0.05) is 13.8 Å². The van der Waals surface area contributed by atoms with Crippen LogP contribution in [0.2, 0.25) is 0 Å². The molecule has 0 aliphatic heterocycles. The van der Waals surface area contributed by atoms with Crippen LogP contribution in [0, 0.1) is 5.41 Å². The molecule has 3 N–H and O–H groups in total. The van der Waals surface area contributed by atoms with Crippen LogP contribution >= 0.6 is 0 Å². The van der Waals surface area contributed by atoms with E-state index in [1.165, 1.54) is 7.11 Å². The molecule has 0 bridgehead atoms. The van der Waals surface area contributed by atoms with Crippen LogP contribution in [0.4, 0.5) is 0 Å². The van der Waals surface area contributed by atoms with Crippen molar-refractivity contribution in [3.05, 3.63) is 0 Å². The third-order valence-electron chi connectivity index (χ3n) is 2.52. The van der Waals surface area contributed by atoms with Gasteiger partial charge in [0.1, 0.15) is 6.10 Å². The fourth-order valence-corrected chi connectivity index (χ4v) is 1.25. The van der Waals surface area contributed by atoms with Crippen LogP contribution in [-0.4, -0.2) is 32.2 Å². The Morgan fingerprint density at radius 3 is 2.60 bits per heavy atom. The van der Waals surface area contributed by atoms with Crippen molar-refractivity contribution in [1.82, 2.24) is 5.32 Å². The minimum atomic E-state index is -0.379. The first-order valence-corrected chi connectivity index (χ1v) is 5.43. The summed E-state index contributed by atoms with van der Waals surface area (Å²) in [7, 11) is 1.53. The maximum Gasteiger partial charge on any atom is 0.248 e. The maximum atomic E-state index is 11.4. The van der Waals surface area contributed by atoms with Gasteiger partial charge in [-0.25, -0.2) is 0 Å². The molecule has 90 valence electrons. The molecule has 0 aromatic carbocycles. The molecule has 0 saturated carbocycles. The minimum absolute atomic E-state index is 0.0571. The van der Waals surface area contributed by atoms with Crippen molar-refractivity contribution in [1.29, 1.82) is 0 Å². The topological polar surface area (TPSA) is 64.3 Å². The predicted molar refractivity (Wildman–Crippen MR) is 61.6 cm³/mol. The summed E-state index contributed by atoms with van der Waals surface area (Å²) in [6, 6.07) is 0. The second-order valence-corrected chi connectivity index (χ2v) is 4.65. The molecule has 0 aliphatic rings. The van der Waals surface area contributed by atoms with E-state index in [1.54, 1.807) is 6.92 Å². The number of carbonyl (C=O) groups excluding carboxylic acids is 1. The maximum absolute atomic E-state index is 11.4. The highest BCUT2D eigenvalue weighted by Crippen LogP contribution is 2.20. The minimum Gasteiger partial charge on any atom is -0.372 e. The number of amides is 1. The molecule has 0 fully saturated rings. The van der Waals surface area contributed by atoms with Crippen molar-refractivity contribution in [2.75, 3.05) is 20.2 Å². The summed E-state index contributed by atoms with van der Waals surface area (Å²) in [6.45, 7) is 7.36. The van der Waals surface area contributed by atoms with Crippen LogP contribution in [0.5, 0.6) is 0 Å². The van der Waals surface area contributed by atoms with Crippen LogP contribution in [0.1, 0.15) is 33.6 Å². The zero-order valence-corrected chi connectivity index (χ0v) is 10.3. The third-order valence-corrected chi connectivity index (χ3v) is 2.52. The zero-order chi connectivity index (χ0) is 11.9. The molecule has 0 aromatic heterocycles. The van der Waals surface area contributed by atoms with Crippen LogP contribution in [0.25, 0.3) is 0 Å². The van der Waals surface area contributed by atoms with Gasteiger partial charge in [-0.3, -0.25) is 4.79 Å². The molecular formula is C11H24N2O2. The van der Waals surface area contributed by atoms with Crippen molar-refractivity contribution >= 4 is 5.91 Å². The Kier molecular flexibility index (Phi) is 6.52. The quantitative estimate of drug-likeness (QED) is 0.664. The number of hydrogen-bond donors (Lipinski definition) is 2. The lowest BCUT2D eigenvalue weighted by molar-refractivity contribution is -0.130. The summed E-state index contributed by atoms with van der Waals surface area (Å²) in [5, 5.41) is 2.88. The Hall–Kier alpha value is -0.610. The van der Waals surface area contributed by atoms with Gasteiger partial charge in [0.15, 0.2) is 0 Å². The molecule has 0 aromatic rings. The van der Waals surface area contributed by atoms with E-state index in [2.05, 4.69) is 19.2 Å². The fourth-order valence-electron chi connectivity index (χ4n) is 1.25. The van der Waals surface area contributed by atoms with Gasteiger partial charge in [0.2, 0.25) is 5.91 Å². The molecule has 1 amide bonds. The molecule has 1 unspecified atom stereocenters. The molecular weight excluding hydrogens is 192 g/mol. The molecule has 0 heterocycles. The van der Waals surface area contributed by atoms with Gasteiger partial charge in [0, 0.05) is 13.7 Å². The first-order chi connectivity index (χ1) is 6.93. The molecule has 0 spiro atoms. The Bertz CT molecular complexity index is 193. The van der Waals surface area contributed by atoms with E-state index in [-0.39, 0.29) is 17.4 Å². The Labute approximate surface area is 92.6 Å². The van der Waals surface area contributed by atoms with Crippen LogP contribution < -0.4 is 11.1 Å². The Morgan fingerprint density at radius 1 is 1.53 bits per heavy atom. The number of hydrogen-bond acceptors (Lipinski definition) is 3. The molecule has 1 atom stereocenters. The number of nitrogens with one attached hydrogen (secondary N) is 1. The molecule has 0 radical (unpaired) electrons. The largest absolute Gasteiger partial charge is 0.372 e. The van der Waals surface area contributed by atoms with Gasteiger partial charge >= 0.3 is 0 Å². The van der Waals surface area contributed by atoms with Crippen molar-refractivity contribution in [3.63, 3.8) is 0 Å². The van der Waals surface area contributed by atoms with E-state index >= 15 is 0 Å². The predicted octanol–water partition coefficient (Wildman–Crippen LogP) is 0.903. The summed E-state index contributed by atoms with van der Waals surface area (Å²) >= 11 is 0. The van der Waals surface area contributed by atoms with Gasteiger partial charge < -0.3 is 15.8 Å². The van der Waals surface area contributed by atoms with E-state index in [4.69, 9.17) is 10.5 Å². The number of carbonyl (C=O) groups is 1. The van der Waals surface area contributed by atoms with E-state index < -0.39 is 0 Å². The highest BCUT2D eigenvalue weighted by atomic mass is 16.5. The SMILES string of the molecule is COC(C)C(=O)NCC(C)(C)CCCN. The van der Waals surface area contributed by atoms with E-state index in [1.807, 2.05) is 0 Å². The van der Waals surface area contributed by atoms with Gasteiger partial charge in [-0.05, 0) is 31.7 Å². The average Bonchev–Trinajstić information content (AvgIpc) is 2.22. The lowest BCUT2D eigenvalue weighted by atomic mass is 9.87. The fraction of sp³-hybridized carbons (Fsp3) is 0.909. The standard InChI is InChI=1S/C11H24N2O2/c1-9(15-4)10(14)13-8-11(2,3)6-5-7-12/h9H,5-8,12H2,1-4H3,(H,13,14). The first-order valence-electron chi connectivity index (χ1n) is 5.43. The Balaban J connectivity index is 3.86. The number of nitrogens with two attached hydrogens (primary N) is 1. The second kappa shape index (κ2) is 6.80. The molecule has 4 nitrogen and oxygen atoms in total. The lowest BCUT2D eigenvalue weighted by Crippen LogP contribution is -2.39. The van der Waals surface area contributed by atoms with Crippen LogP contribution in [-0.2, 0) is 9.53 Å². The highest BCUT2D eigenvalue weighted by Gasteiger charge is 2.19. The smallest absolute Gasteiger partial charge is 0.248 e. The second-order valence-electron chi connectivity index (χ2n) is 4.65. The highest BCUT2D eigenvalue weighted by molar-refractivity contribution is 5.80. The van der Waals surface area contributed by atoms with Gasteiger partial charge in [-0.15, -0.1) is 0 Å². The molecule has 0 aliphatic carbocycles. The molecule has 4 heteroatoms. The first kappa shape index (κ1) is 14.4. The van der Waals surface area contributed by atoms with Gasteiger partial charge in [0.25, 0.3) is 0 Å². The molecule has 0 saturated heterocycles. The van der Waals surface area contributed by atoms with Crippen LogP contribution in [0.3, 0.4) is 0 Å². The van der Waals surface area contributed by atoms with Crippen molar-refractivity contribution in [2.45, 2.75) is 39.7 Å². The molecule has 0 rings (SSSR count). The number of methoxy groups -OCH3 is 1. The van der Waals surface area contributed by atoms with Crippen LogP contribution in [0.15, 0.2) is 0 Å². The summed E-state index contributed by atoms with van der Waals surface area (Å²) < 4.78 is 4.93. The molecule has 15 heavy (non-hydrogen) atoms. The third kappa shape index (κ3) is 6.47. The lowest BCUT2D eigenvalue weighted by Gasteiger charge is -2.25. The summed E-state index contributed by atoms with van der Waals surface area (Å²) in [4.78, 5) is 11.4. The Morgan fingerprint density at radius 2 is 2.13 bits per heavy atom. The monoisotopic (exact) mass is 216 g/mol. The van der Waals surface area contributed by atoms with E-state index in [0.717, 1.165) is 12.8 Å². The number of ether oxygens (including phenoxy) is 1. The summed E-state index contributed by atoms with van der Waals surface area (Å²) in [5.74, 6) is -0.0571. The zero-order valence-electron chi connectivity index (χ0n) is 10.3.